The molecule has 0 aliphatic heterocycles. The predicted molar refractivity (Wildman–Crippen MR) is 127 cm³/mol. The van der Waals surface area contributed by atoms with E-state index in [4.69, 9.17) is 27.3 Å². The van der Waals surface area contributed by atoms with Gasteiger partial charge in [0.1, 0.15) is 5.69 Å². The highest BCUT2D eigenvalue weighted by atomic mass is 35.5. The first kappa shape index (κ1) is 23.8. The van der Waals surface area contributed by atoms with Crippen molar-refractivity contribution in [1.29, 1.82) is 0 Å². The number of amides is 1. The summed E-state index contributed by atoms with van der Waals surface area (Å²) in [6, 6.07) is 17.4. The molecule has 3 aromatic rings. The number of ether oxygens (including phenoxy) is 1. The number of oxime groups is 1. The van der Waals surface area contributed by atoms with Crippen molar-refractivity contribution in [3.05, 3.63) is 93.4 Å². The Morgan fingerprint density at radius 1 is 1.21 bits per heavy atom. The molecule has 1 unspecified atom stereocenters. The van der Waals surface area contributed by atoms with Gasteiger partial charge in [-0.05, 0) is 48.9 Å². The van der Waals surface area contributed by atoms with E-state index in [0.29, 0.717) is 16.8 Å². The minimum Gasteiger partial charge on any atom is -0.409 e. The lowest BCUT2D eigenvalue weighted by molar-refractivity contribution is -0.139. The average molecular weight is 470 g/mol. The molecular weight excluding hydrogens is 446 g/mol. The second-order valence-corrected chi connectivity index (χ2v) is 7.36. The number of carbonyl (C=O) groups is 1. The maximum atomic E-state index is 13.0. The second kappa shape index (κ2) is 11.2. The van der Waals surface area contributed by atoms with E-state index >= 15 is 0 Å². The molecule has 0 aliphatic carbocycles. The number of hydrogen-bond acceptors (Lipinski definition) is 6. The molecule has 0 saturated heterocycles. The third kappa shape index (κ3) is 5.91. The van der Waals surface area contributed by atoms with Crippen LogP contribution >= 0.6 is 11.6 Å². The number of pyridine rings is 1. The smallest absolute Gasteiger partial charge is 0.276 e. The Kier molecular flexibility index (Phi) is 8.06. The number of benzene rings is 2. The van der Waals surface area contributed by atoms with Crippen LogP contribution in [-0.2, 0) is 16.1 Å². The fourth-order valence-corrected chi connectivity index (χ4v) is 3.41. The highest BCUT2D eigenvalue weighted by Crippen LogP contribution is 2.18. The van der Waals surface area contributed by atoms with E-state index in [0.717, 1.165) is 5.69 Å². The van der Waals surface area contributed by atoms with Crippen molar-refractivity contribution in [2.75, 3.05) is 11.9 Å². The highest BCUT2D eigenvalue weighted by Gasteiger charge is 2.22. The SMILES string of the molecule is CCOC(C(=O)NCc1ccc(/C(N)=N/O)c(Cl)c1)n1cccc(Nc2ccccc2)c1=O. The van der Waals surface area contributed by atoms with Crippen molar-refractivity contribution >= 4 is 34.7 Å². The number of halogens is 1. The van der Waals surface area contributed by atoms with E-state index in [-0.39, 0.29) is 24.0 Å². The molecule has 0 fully saturated rings. The number of anilines is 2. The number of nitrogens with one attached hydrogen (secondary N) is 2. The molecule has 5 N–H and O–H groups in total. The molecule has 3 rings (SSSR count). The van der Waals surface area contributed by atoms with Crippen molar-refractivity contribution < 1.29 is 14.7 Å². The number of rotatable bonds is 9. The lowest BCUT2D eigenvalue weighted by Crippen LogP contribution is -2.38. The Hall–Kier alpha value is -3.82. The second-order valence-electron chi connectivity index (χ2n) is 6.95. The molecule has 10 heteroatoms. The average Bonchev–Trinajstić information content (AvgIpc) is 2.83. The van der Waals surface area contributed by atoms with Gasteiger partial charge in [0.2, 0.25) is 6.23 Å². The third-order valence-electron chi connectivity index (χ3n) is 4.71. The zero-order valence-corrected chi connectivity index (χ0v) is 18.6. The summed E-state index contributed by atoms with van der Waals surface area (Å²) >= 11 is 6.17. The van der Waals surface area contributed by atoms with Crippen LogP contribution in [-0.4, -0.2) is 28.1 Å². The molecule has 1 aromatic heterocycles. The minimum absolute atomic E-state index is 0.115. The molecule has 0 radical (unpaired) electrons. The Balaban J connectivity index is 1.77. The molecule has 0 aliphatic rings. The lowest BCUT2D eigenvalue weighted by atomic mass is 10.1. The molecule has 1 atom stereocenters. The van der Waals surface area contributed by atoms with E-state index in [1.54, 1.807) is 37.3 Å². The summed E-state index contributed by atoms with van der Waals surface area (Å²) in [5.74, 6) is -0.609. The van der Waals surface area contributed by atoms with Crippen LogP contribution in [0.25, 0.3) is 0 Å². The van der Waals surface area contributed by atoms with Crippen LogP contribution in [0.15, 0.2) is 76.8 Å². The zero-order valence-electron chi connectivity index (χ0n) is 17.9. The summed E-state index contributed by atoms with van der Waals surface area (Å²) in [5, 5.41) is 17.8. The van der Waals surface area contributed by atoms with E-state index in [1.807, 2.05) is 30.3 Å². The van der Waals surface area contributed by atoms with Gasteiger partial charge in [-0.2, -0.15) is 0 Å². The van der Waals surface area contributed by atoms with Crippen molar-refractivity contribution in [2.45, 2.75) is 19.7 Å². The van der Waals surface area contributed by atoms with Crippen LogP contribution in [0.2, 0.25) is 5.02 Å². The molecule has 172 valence electrons. The summed E-state index contributed by atoms with van der Waals surface area (Å²) < 4.78 is 6.82. The fraction of sp³-hybridized carbons (Fsp3) is 0.174. The van der Waals surface area contributed by atoms with Gasteiger partial charge in [0, 0.05) is 30.6 Å². The van der Waals surface area contributed by atoms with Gasteiger partial charge in [0.25, 0.3) is 11.5 Å². The first-order valence-electron chi connectivity index (χ1n) is 10.1. The van der Waals surface area contributed by atoms with Crippen molar-refractivity contribution in [3.8, 4) is 0 Å². The number of carbonyl (C=O) groups excluding carboxylic acids is 1. The highest BCUT2D eigenvalue weighted by molar-refractivity contribution is 6.34. The van der Waals surface area contributed by atoms with Crippen LogP contribution in [0.5, 0.6) is 0 Å². The molecule has 1 heterocycles. The zero-order chi connectivity index (χ0) is 23.8. The van der Waals surface area contributed by atoms with Crippen molar-refractivity contribution in [3.63, 3.8) is 0 Å². The monoisotopic (exact) mass is 469 g/mol. The summed E-state index contributed by atoms with van der Waals surface area (Å²) in [6.45, 7) is 2.10. The number of nitrogens with two attached hydrogens (primary N) is 1. The number of para-hydroxylation sites is 1. The van der Waals surface area contributed by atoms with Crippen LogP contribution in [0.3, 0.4) is 0 Å². The van der Waals surface area contributed by atoms with Crippen molar-refractivity contribution in [1.82, 2.24) is 9.88 Å². The van der Waals surface area contributed by atoms with Gasteiger partial charge in [-0.1, -0.05) is 41.0 Å². The van der Waals surface area contributed by atoms with Gasteiger partial charge in [0.15, 0.2) is 5.84 Å². The van der Waals surface area contributed by atoms with Gasteiger partial charge in [-0.3, -0.25) is 14.2 Å². The molecule has 1 amide bonds. The predicted octanol–water partition coefficient (Wildman–Crippen LogP) is 3.19. The topological polar surface area (TPSA) is 131 Å². The standard InChI is InChI=1S/C23H24ClN5O4/c1-2-33-23(21(30)26-14-15-10-11-17(18(24)13-15)20(25)28-32)29-12-6-9-19(22(29)31)27-16-7-4-3-5-8-16/h3-13,23,27,32H,2,14H2,1H3,(H2,25,28)(H,26,30). The molecule has 0 bridgehead atoms. The number of aromatic nitrogens is 1. The normalized spacial score (nSPS) is 12.2. The van der Waals surface area contributed by atoms with Gasteiger partial charge in [0.05, 0.1) is 5.02 Å². The molecule has 0 saturated carbocycles. The van der Waals surface area contributed by atoms with Crippen molar-refractivity contribution in [2.24, 2.45) is 10.9 Å². The van der Waals surface area contributed by atoms with E-state index in [2.05, 4.69) is 15.8 Å². The quantitative estimate of drug-likeness (QED) is 0.165. The number of amidine groups is 1. The van der Waals surface area contributed by atoms with Gasteiger partial charge in [-0.15, -0.1) is 0 Å². The summed E-state index contributed by atoms with van der Waals surface area (Å²) in [5.41, 5.74) is 7.28. The van der Waals surface area contributed by atoms with Crippen LogP contribution in [0, 0.1) is 0 Å². The fourth-order valence-electron chi connectivity index (χ4n) is 3.11. The Bertz CT molecular complexity index is 1200. The van der Waals surface area contributed by atoms with Gasteiger partial charge < -0.3 is 26.3 Å². The van der Waals surface area contributed by atoms with Crippen LogP contribution in [0.4, 0.5) is 11.4 Å². The maximum absolute atomic E-state index is 13.0. The van der Waals surface area contributed by atoms with Gasteiger partial charge in [-0.25, -0.2) is 0 Å². The van der Waals surface area contributed by atoms with E-state index in [9.17, 15) is 9.59 Å². The Morgan fingerprint density at radius 2 is 1.97 bits per heavy atom. The summed E-state index contributed by atoms with van der Waals surface area (Å²) in [4.78, 5) is 25.9. The van der Waals surface area contributed by atoms with Crippen LogP contribution in [0.1, 0.15) is 24.3 Å². The largest absolute Gasteiger partial charge is 0.409 e. The summed E-state index contributed by atoms with van der Waals surface area (Å²) in [6.07, 6.45) is 0.341. The first-order chi connectivity index (χ1) is 15.9. The van der Waals surface area contributed by atoms with E-state index < -0.39 is 17.7 Å². The minimum atomic E-state index is -1.16. The molecule has 2 aromatic carbocycles. The summed E-state index contributed by atoms with van der Waals surface area (Å²) in [7, 11) is 0. The Labute approximate surface area is 195 Å². The van der Waals surface area contributed by atoms with Crippen LogP contribution < -0.4 is 21.9 Å². The van der Waals surface area contributed by atoms with E-state index in [1.165, 1.54) is 10.8 Å². The first-order valence-corrected chi connectivity index (χ1v) is 10.5. The molecule has 33 heavy (non-hydrogen) atoms. The Morgan fingerprint density at radius 3 is 2.64 bits per heavy atom. The third-order valence-corrected chi connectivity index (χ3v) is 5.03. The lowest BCUT2D eigenvalue weighted by Gasteiger charge is -2.20. The maximum Gasteiger partial charge on any atom is 0.276 e. The number of nitrogens with zero attached hydrogens (tertiary/aromatic N) is 2. The van der Waals surface area contributed by atoms with Gasteiger partial charge >= 0.3 is 0 Å². The molecular formula is C23H24ClN5O4. The number of hydrogen-bond donors (Lipinski definition) is 4. The molecule has 9 nitrogen and oxygen atoms in total. The molecule has 0 spiro atoms.